The molecule has 4 aromatic rings. The van der Waals surface area contributed by atoms with Gasteiger partial charge in [-0.25, -0.2) is 9.97 Å². The van der Waals surface area contributed by atoms with Crippen molar-refractivity contribution in [3.8, 4) is 11.5 Å². The largest absolute Gasteiger partial charge is 0.358 e. The summed E-state index contributed by atoms with van der Waals surface area (Å²) in [5, 5.41) is 4.17. The standard InChI is InChI=1S/C18H18N6O.ClH/c1-3-23(2)17-15-14(16-21-18(25-22-16)11-8-9-11)19-10-24(15)13-7-5-4-6-12(13)20-17;/h4-7,10-11H,3,8-9H2,1-2H3;1H. The zero-order valence-corrected chi connectivity index (χ0v) is 15.4. The first-order valence-corrected chi connectivity index (χ1v) is 8.57. The topological polar surface area (TPSA) is 72.4 Å². The predicted molar refractivity (Wildman–Crippen MR) is 102 cm³/mol. The highest BCUT2D eigenvalue weighted by molar-refractivity contribution is 5.91. The monoisotopic (exact) mass is 370 g/mol. The smallest absolute Gasteiger partial charge is 0.230 e. The van der Waals surface area contributed by atoms with Gasteiger partial charge in [-0.2, -0.15) is 4.98 Å². The number of aromatic nitrogens is 5. The second-order valence-electron chi connectivity index (χ2n) is 6.48. The summed E-state index contributed by atoms with van der Waals surface area (Å²) in [5.41, 5.74) is 3.56. The van der Waals surface area contributed by atoms with Crippen LogP contribution in [0.15, 0.2) is 35.1 Å². The van der Waals surface area contributed by atoms with Gasteiger partial charge in [0.1, 0.15) is 17.5 Å². The third-order valence-electron chi connectivity index (χ3n) is 4.76. The molecule has 0 radical (unpaired) electrons. The number of rotatable bonds is 4. The van der Waals surface area contributed by atoms with Crippen LogP contribution in [0.1, 0.15) is 31.6 Å². The van der Waals surface area contributed by atoms with Crippen LogP contribution in [-0.4, -0.2) is 38.1 Å². The van der Waals surface area contributed by atoms with Gasteiger partial charge in [0, 0.05) is 19.5 Å². The van der Waals surface area contributed by atoms with E-state index in [1.54, 1.807) is 0 Å². The van der Waals surface area contributed by atoms with E-state index in [1.807, 2.05) is 37.6 Å². The molecule has 0 atom stereocenters. The molecule has 0 unspecified atom stereocenters. The third kappa shape index (κ3) is 2.50. The zero-order chi connectivity index (χ0) is 17.0. The Morgan fingerprint density at radius 2 is 2.04 bits per heavy atom. The maximum Gasteiger partial charge on any atom is 0.230 e. The maximum atomic E-state index is 5.43. The van der Waals surface area contributed by atoms with Crippen molar-refractivity contribution in [3.63, 3.8) is 0 Å². The summed E-state index contributed by atoms with van der Waals surface area (Å²) >= 11 is 0. The van der Waals surface area contributed by atoms with Crippen molar-refractivity contribution >= 4 is 34.8 Å². The van der Waals surface area contributed by atoms with Gasteiger partial charge in [0.15, 0.2) is 5.82 Å². The van der Waals surface area contributed by atoms with Gasteiger partial charge in [0.05, 0.1) is 11.0 Å². The van der Waals surface area contributed by atoms with E-state index in [0.29, 0.717) is 17.4 Å². The van der Waals surface area contributed by atoms with E-state index >= 15 is 0 Å². The fourth-order valence-corrected chi connectivity index (χ4v) is 3.08. The molecule has 0 saturated heterocycles. The lowest BCUT2D eigenvalue weighted by Gasteiger charge is -2.18. The quantitative estimate of drug-likeness (QED) is 0.545. The van der Waals surface area contributed by atoms with Gasteiger partial charge in [-0.15, -0.1) is 12.4 Å². The van der Waals surface area contributed by atoms with Crippen LogP contribution < -0.4 is 4.90 Å². The molecule has 0 aliphatic heterocycles. The van der Waals surface area contributed by atoms with Crippen LogP contribution in [0.4, 0.5) is 5.82 Å². The van der Waals surface area contributed by atoms with Crippen LogP contribution in [-0.2, 0) is 0 Å². The Bertz CT molecular complexity index is 1080. The Hall–Kier alpha value is -2.67. The molecule has 1 aromatic carbocycles. The lowest BCUT2D eigenvalue weighted by Crippen LogP contribution is -2.18. The summed E-state index contributed by atoms with van der Waals surface area (Å²) in [6.07, 6.45) is 4.07. The first-order valence-electron chi connectivity index (χ1n) is 8.57. The van der Waals surface area contributed by atoms with E-state index in [-0.39, 0.29) is 12.4 Å². The third-order valence-corrected chi connectivity index (χ3v) is 4.76. The molecule has 7 nitrogen and oxygen atoms in total. The zero-order valence-electron chi connectivity index (χ0n) is 14.6. The number of fused-ring (bicyclic) bond motifs is 3. The molecule has 0 bridgehead atoms. The molecule has 3 heterocycles. The summed E-state index contributed by atoms with van der Waals surface area (Å²) in [7, 11) is 2.03. The first-order chi connectivity index (χ1) is 12.3. The van der Waals surface area contributed by atoms with Gasteiger partial charge in [-0.3, -0.25) is 4.40 Å². The minimum absolute atomic E-state index is 0. The molecule has 134 valence electrons. The van der Waals surface area contributed by atoms with E-state index in [9.17, 15) is 0 Å². The van der Waals surface area contributed by atoms with E-state index in [0.717, 1.165) is 47.6 Å². The summed E-state index contributed by atoms with van der Waals surface area (Å²) in [5.74, 6) is 2.54. The first kappa shape index (κ1) is 16.8. The molecule has 8 heteroatoms. The second kappa shape index (κ2) is 6.25. The lowest BCUT2D eigenvalue weighted by molar-refractivity contribution is 0.380. The normalized spacial score (nSPS) is 13.9. The molecule has 1 fully saturated rings. The highest BCUT2D eigenvalue weighted by Crippen LogP contribution is 2.40. The van der Waals surface area contributed by atoms with E-state index in [2.05, 4.69) is 31.3 Å². The number of hydrogen-bond acceptors (Lipinski definition) is 6. The van der Waals surface area contributed by atoms with E-state index in [1.165, 1.54) is 0 Å². The Morgan fingerprint density at radius 3 is 2.81 bits per heavy atom. The van der Waals surface area contributed by atoms with Crippen LogP contribution >= 0.6 is 12.4 Å². The van der Waals surface area contributed by atoms with Gasteiger partial charge in [0.2, 0.25) is 11.7 Å². The average Bonchev–Trinajstić information content (AvgIpc) is 3.21. The van der Waals surface area contributed by atoms with Gasteiger partial charge >= 0.3 is 0 Å². The van der Waals surface area contributed by atoms with Crippen LogP contribution in [0.25, 0.3) is 28.1 Å². The molecular formula is C18H19ClN6O. The van der Waals surface area contributed by atoms with Crippen molar-refractivity contribution in [1.29, 1.82) is 0 Å². The SMILES string of the molecule is CCN(C)c1nc2ccccc2n2cnc(-c3noc(C4CC4)n3)c12.Cl. The minimum Gasteiger partial charge on any atom is -0.358 e. The molecule has 0 spiro atoms. The van der Waals surface area contributed by atoms with E-state index < -0.39 is 0 Å². The summed E-state index contributed by atoms with van der Waals surface area (Å²) < 4.78 is 7.49. The molecule has 3 aromatic heterocycles. The molecule has 0 amide bonds. The van der Waals surface area contributed by atoms with E-state index in [4.69, 9.17) is 9.51 Å². The number of hydrogen-bond donors (Lipinski definition) is 0. The number of nitrogens with zero attached hydrogens (tertiary/aromatic N) is 6. The van der Waals surface area contributed by atoms with Crippen LogP contribution in [0.2, 0.25) is 0 Å². The number of halogens is 1. The fraction of sp³-hybridized carbons (Fsp3) is 0.333. The van der Waals surface area contributed by atoms with Crippen molar-refractivity contribution in [3.05, 3.63) is 36.5 Å². The summed E-state index contributed by atoms with van der Waals surface area (Å²) in [4.78, 5) is 16.1. The summed E-state index contributed by atoms with van der Waals surface area (Å²) in [6, 6.07) is 8.06. The van der Waals surface area contributed by atoms with Gasteiger partial charge in [0.25, 0.3) is 0 Å². The highest BCUT2D eigenvalue weighted by atomic mass is 35.5. The molecule has 1 aliphatic rings. The summed E-state index contributed by atoms with van der Waals surface area (Å²) in [6.45, 7) is 2.94. The lowest BCUT2D eigenvalue weighted by atomic mass is 10.2. The van der Waals surface area contributed by atoms with Crippen molar-refractivity contribution < 1.29 is 4.52 Å². The molecule has 1 aliphatic carbocycles. The molecule has 1 saturated carbocycles. The van der Waals surface area contributed by atoms with Gasteiger partial charge in [-0.1, -0.05) is 17.3 Å². The Labute approximate surface area is 156 Å². The molecule has 26 heavy (non-hydrogen) atoms. The number of benzene rings is 1. The van der Waals surface area contributed by atoms with Crippen molar-refractivity contribution in [2.45, 2.75) is 25.7 Å². The predicted octanol–water partition coefficient (Wildman–Crippen LogP) is 3.69. The van der Waals surface area contributed by atoms with Crippen LogP contribution in [0.3, 0.4) is 0 Å². The Morgan fingerprint density at radius 1 is 1.23 bits per heavy atom. The molecule has 0 N–H and O–H groups in total. The average molecular weight is 371 g/mol. The van der Waals surface area contributed by atoms with Crippen LogP contribution in [0.5, 0.6) is 0 Å². The minimum atomic E-state index is 0. The molecule has 5 rings (SSSR count). The van der Waals surface area contributed by atoms with Crippen molar-refractivity contribution in [1.82, 2.24) is 24.5 Å². The van der Waals surface area contributed by atoms with Crippen molar-refractivity contribution in [2.75, 3.05) is 18.5 Å². The second-order valence-corrected chi connectivity index (χ2v) is 6.48. The number of imidazole rings is 1. The van der Waals surface area contributed by atoms with Crippen molar-refractivity contribution in [2.24, 2.45) is 0 Å². The highest BCUT2D eigenvalue weighted by Gasteiger charge is 2.31. The fourth-order valence-electron chi connectivity index (χ4n) is 3.08. The van der Waals surface area contributed by atoms with Gasteiger partial charge < -0.3 is 9.42 Å². The maximum absolute atomic E-state index is 5.43. The molecular weight excluding hydrogens is 352 g/mol. The Kier molecular flexibility index (Phi) is 4.03. The van der Waals surface area contributed by atoms with Gasteiger partial charge in [-0.05, 0) is 31.9 Å². The number of para-hydroxylation sites is 2. The van der Waals surface area contributed by atoms with Crippen LogP contribution in [0, 0.1) is 0 Å². The number of anilines is 1. The Balaban J connectivity index is 0.00000168.